The first-order valence-electron chi connectivity index (χ1n) is 7.21. The zero-order chi connectivity index (χ0) is 15.7. The van der Waals surface area contributed by atoms with E-state index in [1.807, 2.05) is 30.3 Å². The van der Waals surface area contributed by atoms with Crippen LogP contribution in [0.5, 0.6) is 0 Å². The first-order chi connectivity index (χ1) is 10.6. The molecule has 2 N–H and O–H groups in total. The Morgan fingerprint density at radius 3 is 2.59 bits per heavy atom. The third-order valence-corrected chi connectivity index (χ3v) is 4.82. The van der Waals surface area contributed by atoms with Gasteiger partial charge in [0.1, 0.15) is 5.25 Å². The minimum Gasteiger partial charge on any atom is -0.348 e. The van der Waals surface area contributed by atoms with Crippen LogP contribution < -0.4 is 5.84 Å². The number of hydrogen-bond donors (Lipinski definition) is 1. The molecule has 1 atom stereocenters. The molecular weight excluding hydrogens is 298 g/mol. The van der Waals surface area contributed by atoms with E-state index in [0.717, 1.165) is 24.2 Å². The molecule has 7 heteroatoms. The molecular formula is C15H19N5OS. The van der Waals surface area contributed by atoms with Gasteiger partial charge in [-0.05, 0) is 18.4 Å². The fraction of sp³-hybridized carbons (Fsp3) is 0.400. The molecule has 1 aliphatic rings. The minimum atomic E-state index is -0.380. The van der Waals surface area contributed by atoms with Crippen LogP contribution in [0.4, 0.5) is 0 Å². The lowest BCUT2D eigenvalue weighted by molar-refractivity contribution is -0.128. The number of rotatable bonds is 5. The number of carbonyl (C=O) groups excluding carboxylic acids is 1. The van der Waals surface area contributed by atoms with E-state index < -0.39 is 0 Å². The molecule has 2 aromatic rings. The van der Waals surface area contributed by atoms with Crippen molar-refractivity contribution in [2.45, 2.75) is 29.2 Å². The van der Waals surface area contributed by atoms with Crippen molar-refractivity contribution < 1.29 is 4.79 Å². The summed E-state index contributed by atoms with van der Waals surface area (Å²) in [5.41, 5.74) is 0.933. The van der Waals surface area contributed by atoms with Crippen LogP contribution >= 0.6 is 11.8 Å². The Labute approximate surface area is 133 Å². The molecule has 3 rings (SSSR count). The average Bonchev–Trinajstić information content (AvgIpc) is 3.30. The van der Waals surface area contributed by atoms with Crippen molar-refractivity contribution in [1.29, 1.82) is 0 Å². The highest BCUT2D eigenvalue weighted by atomic mass is 32.2. The summed E-state index contributed by atoms with van der Waals surface area (Å²) in [4.78, 5) is 14.1. The maximum absolute atomic E-state index is 12.5. The summed E-state index contributed by atoms with van der Waals surface area (Å²) in [5.74, 6) is 7.33. The molecule has 1 saturated carbocycles. The van der Waals surface area contributed by atoms with Gasteiger partial charge in [0.2, 0.25) is 11.1 Å². The van der Waals surface area contributed by atoms with Crippen LogP contribution in [0.15, 0.2) is 35.5 Å². The van der Waals surface area contributed by atoms with Gasteiger partial charge in [-0.2, -0.15) is 0 Å². The van der Waals surface area contributed by atoms with E-state index in [9.17, 15) is 4.79 Å². The number of benzene rings is 1. The molecule has 0 saturated heterocycles. The minimum absolute atomic E-state index is 0.00664. The monoisotopic (exact) mass is 317 g/mol. The number of nitrogen functional groups attached to an aromatic ring is 1. The molecule has 1 aromatic heterocycles. The zero-order valence-electron chi connectivity index (χ0n) is 12.6. The number of likely N-dealkylation sites (N-methyl/N-ethyl adjacent to an activating group) is 1. The van der Waals surface area contributed by atoms with Crippen molar-refractivity contribution in [3.05, 3.63) is 41.7 Å². The molecule has 116 valence electrons. The van der Waals surface area contributed by atoms with Gasteiger partial charge in [0, 0.05) is 20.0 Å². The molecule has 1 fully saturated rings. The van der Waals surface area contributed by atoms with Crippen LogP contribution in [0.1, 0.15) is 35.4 Å². The molecule has 22 heavy (non-hydrogen) atoms. The van der Waals surface area contributed by atoms with E-state index >= 15 is 0 Å². The molecule has 0 aliphatic heterocycles. The van der Waals surface area contributed by atoms with E-state index in [2.05, 4.69) is 10.2 Å². The second-order valence-electron chi connectivity index (χ2n) is 5.63. The Balaban J connectivity index is 1.88. The number of carbonyl (C=O) groups is 1. The third kappa shape index (κ3) is 2.94. The Hall–Kier alpha value is -2.02. The fourth-order valence-corrected chi connectivity index (χ4v) is 3.33. The van der Waals surface area contributed by atoms with Crippen molar-refractivity contribution in [2.75, 3.05) is 19.9 Å². The Morgan fingerprint density at radius 2 is 2.00 bits per heavy atom. The molecule has 0 unspecified atom stereocenters. The van der Waals surface area contributed by atoms with Gasteiger partial charge in [-0.25, -0.2) is 4.68 Å². The van der Waals surface area contributed by atoms with E-state index in [-0.39, 0.29) is 11.2 Å². The summed E-state index contributed by atoms with van der Waals surface area (Å²) in [7, 11) is 3.50. The van der Waals surface area contributed by atoms with Crippen molar-refractivity contribution >= 4 is 17.7 Å². The highest BCUT2D eigenvalue weighted by Gasteiger charge is 2.32. The normalized spacial score (nSPS) is 15.5. The summed E-state index contributed by atoms with van der Waals surface area (Å²) in [6.07, 6.45) is 2.22. The topological polar surface area (TPSA) is 77.0 Å². The molecule has 1 amide bonds. The molecule has 0 spiro atoms. The van der Waals surface area contributed by atoms with Crippen molar-refractivity contribution in [2.24, 2.45) is 0 Å². The lowest BCUT2D eigenvalue weighted by atomic mass is 10.1. The van der Waals surface area contributed by atoms with Crippen LogP contribution in [-0.2, 0) is 4.79 Å². The van der Waals surface area contributed by atoms with Gasteiger partial charge in [0.25, 0.3) is 0 Å². The standard InChI is InChI=1S/C15H19N5OS/c1-19(2)14(21)12(10-6-4-3-5-7-10)22-15-18-17-13(20(15)16)11-8-9-11/h3-7,11-12H,8-9,16H2,1-2H3/t12-/m0/s1. The molecule has 1 heterocycles. The largest absolute Gasteiger partial charge is 0.348 e. The van der Waals surface area contributed by atoms with Gasteiger partial charge in [-0.1, -0.05) is 42.1 Å². The van der Waals surface area contributed by atoms with Crippen LogP contribution in [0.25, 0.3) is 0 Å². The van der Waals surface area contributed by atoms with E-state index in [4.69, 9.17) is 5.84 Å². The highest BCUT2D eigenvalue weighted by molar-refractivity contribution is 8.00. The van der Waals surface area contributed by atoms with Crippen LogP contribution in [0, 0.1) is 0 Å². The van der Waals surface area contributed by atoms with Crippen LogP contribution in [0.3, 0.4) is 0 Å². The lowest BCUT2D eigenvalue weighted by Gasteiger charge is -2.20. The molecule has 0 bridgehead atoms. The Kier molecular flexibility index (Phi) is 4.06. The third-order valence-electron chi connectivity index (χ3n) is 3.62. The number of hydrogen-bond acceptors (Lipinski definition) is 5. The number of aromatic nitrogens is 3. The molecule has 1 aromatic carbocycles. The van der Waals surface area contributed by atoms with Crippen LogP contribution in [0.2, 0.25) is 0 Å². The zero-order valence-corrected chi connectivity index (χ0v) is 13.5. The quantitative estimate of drug-likeness (QED) is 0.672. The van der Waals surface area contributed by atoms with Crippen LogP contribution in [-0.4, -0.2) is 39.8 Å². The molecule has 1 aliphatic carbocycles. The second kappa shape index (κ2) is 6.00. The predicted octanol–water partition coefficient (Wildman–Crippen LogP) is 1.79. The van der Waals surface area contributed by atoms with E-state index in [0.29, 0.717) is 11.1 Å². The van der Waals surface area contributed by atoms with Gasteiger partial charge in [0.15, 0.2) is 5.82 Å². The molecule has 6 nitrogen and oxygen atoms in total. The highest BCUT2D eigenvalue weighted by Crippen LogP contribution is 2.41. The lowest BCUT2D eigenvalue weighted by Crippen LogP contribution is -2.27. The first-order valence-corrected chi connectivity index (χ1v) is 8.09. The summed E-state index contributed by atoms with van der Waals surface area (Å²) >= 11 is 1.34. The summed E-state index contributed by atoms with van der Waals surface area (Å²) in [6, 6.07) is 9.67. The Bertz CT molecular complexity index is 666. The smallest absolute Gasteiger partial charge is 0.240 e. The second-order valence-corrected chi connectivity index (χ2v) is 6.70. The number of nitrogens with two attached hydrogens (primary N) is 1. The van der Waals surface area contributed by atoms with Crippen molar-refractivity contribution in [1.82, 2.24) is 19.8 Å². The number of amides is 1. The number of nitrogens with zero attached hydrogens (tertiary/aromatic N) is 4. The molecule has 0 radical (unpaired) electrons. The summed E-state index contributed by atoms with van der Waals surface area (Å²) in [5, 5.41) is 8.53. The summed E-state index contributed by atoms with van der Waals surface area (Å²) < 4.78 is 1.53. The van der Waals surface area contributed by atoms with Gasteiger partial charge >= 0.3 is 0 Å². The van der Waals surface area contributed by atoms with Gasteiger partial charge in [-0.15, -0.1) is 10.2 Å². The fourth-order valence-electron chi connectivity index (χ4n) is 2.22. The predicted molar refractivity (Wildman–Crippen MR) is 85.9 cm³/mol. The number of thioether (sulfide) groups is 1. The maximum atomic E-state index is 12.5. The van der Waals surface area contributed by atoms with E-state index in [1.165, 1.54) is 16.4 Å². The maximum Gasteiger partial charge on any atom is 0.240 e. The van der Waals surface area contributed by atoms with E-state index in [1.54, 1.807) is 19.0 Å². The van der Waals surface area contributed by atoms with Crippen molar-refractivity contribution in [3.8, 4) is 0 Å². The first kappa shape index (κ1) is 14.9. The average molecular weight is 317 g/mol. The van der Waals surface area contributed by atoms with Crippen molar-refractivity contribution in [3.63, 3.8) is 0 Å². The van der Waals surface area contributed by atoms with Gasteiger partial charge in [-0.3, -0.25) is 4.79 Å². The summed E-state index contributed by atoms with van der Waals surface area (Å²) in [6.45, 7) is 0. The van der Waals surface area contributed by atoms with Gasteiger partial charge < -0.3 is 10.7 Å². The SMILES string of the molecule is CN(C)C(=O)[C@@H](Sc1nnc(C2CC2)n1N)c1ccccc1. The Morgan fingerprint density at radius 1 is 1.32 bits per heavy atom. The van der Waals surface area contributed by atoms with Gasteiger partial charge in [0.05, 0.1) is 0 Å².